The first-order valence-electron chi connectivity index (χ1n) is 6.72. The van der Waals surface area contributed by atoms with E-state index in [4.69, 9.17) is 10.2 Å². The standard InChI is InChI=1S/C17H23NO/c1-11-10-15(12(2)19-11)16(18)13-6-8-14(9-7-13)17(3,4)5/h6-10,16H,18H2,1-5H3. The number of aryl methyl sites for hydroxylation is 2. The minimum atomic E-state index is -0.119. The Balaban J connectivity index is 2.30. The van der Waals surface area contributed by atoms with Gasteiger partial charge in [-0.1, -0.05) is 45.0 Å². The van der Waals surface area contributed by atoms with Gasteiger partial charge in [0.2, 0.25) is 0 Å². The molecule has 2 aromatic rings. The van der Waals surface area contributed by atoms with E-state index >= 15 is 0 Å². The van der Waals surface area contributed by atoms with Crippen molar-refractivity contribution in [1.29, 1.82) is 0 Å². The molecule has 0 amide bonds. The van der Waals surface area contributed by atoms with Crippen molar-refractivity contribution < 1.29 is 4.42 Å². The molecule has 0 spiro atoms. The topological polar surface area (TPSA) is 39.2 Å². The number of nitrogens with two attached hydrogens (primary N) is 1. The maximum atomic E-state index is 6.33. The fourth-order valence-electron chi connectivity index (χ4n) is 2.33. The van der Waals surface area contributed by atoms with Crippen molar-refractivity contribution in [3.05, 3.63) is 58.5 Å². The third-order valence-electron chi connectivity index (χ3n) is 3.55. The lowest BCUT2D eigenvalue weighted by atomic mass is 9.86. The zero-order valence-corrected chi connectivity index (χ0v) is 12.4. The van der Waals surface area contributed by atoms with E-state index in [1.54, 1.807) is 0 Å². The summed E-state index contributed by atoms with van der Waals surface area (Å²) in [6.07, 6.45) is 0. The zero-order valence-electron chi connectivity index (χ0n) is 12.4. The van der Waals surface area contributed by atoms with Gasteiger partial charge in [0, 0.05) is 5.56 Å². The average molecular weight is 257 g/mol. The Morgan fingerprint density at radius 3 is 2.05 bits per heavy atom. The SMILES string of the molecule is Cc1cc(C(N)c2ccc(C(C)(C)C)cc2)c(C)o1. The minimum Gasteiger partial charge on any atom is -0.466 e. The number of benzene rings is 1. The van der Waals surface area contributed by atoms with Gasteiger partial charge in [-0.05, 0) is 36.5 Å². The molecule has 102 valence electrons. The van der Waals surface area contributed by atoms with Crippen molar-refractivity contribution >= 4 is 0 Å². The monoisotopic (exact) mass is 257 g/mol. The van der Waals surface area contributed by atoms with E-state index in [1.807, 2.05) is 19.9 Å². The highest BCUT2D eigenvalue weighted by atomic mass is 16.3. The van der Waals surface area contributed by atoms with Crippen LogP contribution in [0.2, 0.25) is 0 Å². The van der Waals surface area contributed by atoms with Crippen LogP contribution in [-0.2, 0) is 5.41 Å². The largest absolute Gasteiger partial charge is 0.466 e. The van der Waals surface area contributed by atoms with Crippen molar-refractivity contribution in [1.82, 2.24) is 0 Å². The molecule has 0 fully saturated rings. The lowest BCUT2D eigenvalue weighted by Crippen LogP contribution is -2.14. The van der Waals surface area contributed by atoms with Crippen LogP contribution in [0.25, 0.3) is 0 Å². The zero-order chi connectivity index (χ0) is 14.2. The van der Waals surface area contributed by atoms with Gasteiger partial charge in [-0.2, -0.15) is 0 Å². The average Bonchev–Trinajstić information content (AvgIpc) is 2.66. The lowest BCUT2D eigenvalue weighted by Gasteiger charge is -2.20. The molecule has 1 unspecified atom stereocenters. The van der Waals surface area contributed by atoms with Crippen molar-refractivity contribution in [3.8, 4) is 0 Å². The first-order chi connectivity index (χ1) is 8.79. The van der Waals surface area contributed by atoms with Gasteiger partial charge in [0.05, 0.1) is 6.04 Å². The second kappa shape index (κ2) is 4.86. The highest BCUT2D eigenvalue weighted by molar-refractivity contribution is 5.36. The molecule has 2 N–H and O–H groups in total. The maximum absolute atomic E-state index is 6.33. The Kier molecular flexibility index (Phi) is 3.55. The van der Waals surface area contributed by atoms with Gasteiger partial charge in [-0.15, -0.1) is 0 Å². The molecule has 1 heterocycles. The van der Waals surface area contributed by atoms with Gasteiger partial charge in [0.1, 0.15) is 11.5 Å². The summed E-state index contributed by atoms with van der Waals surface area (Å²) in [5.74, 6) is 1.82. The summed E-state index contributed by atoms with van der Waals surface area (Å²) in [6.45, 7) is 10.6. The van der Waals surface area contributed by atoms with Crippen LogP contribution in [0.15, 0.2) is 34.7 Å². The van der Waals surface area contributed by atoms with E-state index in [-0.39, 0.29) is 11.5 Å². The van der Waals surface area contributed by atoms with Crippen molar-refractivity contribution in [3.63, 3.8) is 0 Å². The molecule has 0 aliphatic carbocycles. The molecule has 19 heavy (non-hydrogen) atoms. The predicted molar refractivity (Wildman–Crippen MR) is 79.4 cm³/mol. The summed E-state index contributed by atoms with van der Waals surface area (Å²) in [5, 5.41) is 0. The molecule has 0 radical (unpaired) electrons. The first-order valence-corrected chi connectivity index (χ1v) is 6.72. The molecule has 0 aliphatic heterocycles. The quantitative estimate of drug-likeness (QED) is 0.874. The third kappa shape index (κ3) is 2.90. The Hall–Kier alpha value is -1.54. The molecule has 0 bridgehead atoms. The number of hydrogen-bond acceptors (Lipinski definition) is 2. The fourth-order valence-corrected chi connectivity index (χ4v) is 2.33. The number of hydrogen-bond donors (Lipinski definition) is 1. The van der Waals surface area contributed by atoms with Crippen LogP contribution in [-0.4, -0.2) is 0 Å². The maximum Gasteiger partial charge on any atom is 0.106 e. The van der Waals surface area contributed by atoms with Crippen LogP contribution in [0.4, 0.5) is 0 Å². The Labute approximate surface area is 115 Å². The highest BCUT2D eigenvalue weighted by Crippen LogP contribution is 2.28. The summed E-state index contributed by atoms with van der Waals surface area (Å²) in [7, 11) is 0. The molecule has 0 aliphatic rings. The summed E-state index contributed by atoms with van der Waals surface area (Å²) in [4.78, 5) is 0. The summed E-state index contributed by atoms with van der Waals surface area (Å²) < 4.78 is 5.56. The van der Waals surface area contributed by atoms with Crippen LogP contribution in [0.3, 0.4) is 0 Å². The first kappa shape index (κ1) is 13.9. The van der Waals surface area contributed by atoms with Gasteiger partial charge >= 0.3 is 0 Å². The summed E-state index contributed by atoms with van der Waals surface area (Å²) >= 11 is 0. The van der Waals surface area contributed by atoms with Gasteiger partial charge in [0.25, 0.3) is 0 Å². The molecule has 2 nitrogen and oxygen atoms in total. The van der Waals surface area contributed by atoms with Crippen molar-refractivity contribution in [2.75, 3.05) is 0 Å². The minimum absolute atomic E-state index is 0.119. The van der Waals surface area contributed by atoms with Crippen molar-refractivity contribution in [2.45, 2.75) is 46.1 Å². The normalized spacial score (nSPS) is 13.6. The predicted octanol–water partition coefficient (Wildman–Crippen LogP) is 4.24. The fraction of sp³-hybridized carbons (Fsp3) is 0.412. The molecule has 2 rings (SSSR count). The van der Waals surface area contributed by atoms with E-state index in [9.17, 15) is 0 Å². The van der Waals surface area contributed by atoms with E-state index < -0.39 is 0 Å². The molecular weight excluding hydrogens is 234 g/mol. The van der Waals surface area contributed by atoms with Crippen molar-refractivity contribution in [2.24, 2.45) is 5.73 Å². The molecule has 0 saturated heterocycles. The smallest absolute Gasteiger partial charge is 0.106 e. The van der Waals surface area contributed by atoms with E-state index in [0.717, 1.165) is 22.6 Å². The van der Waals surface area contributed by atoms with Gasteiger partial charge in [-0.25, -0.2) is 0 Å². The van der Waals surface area contributed by atoms with Gasteiger partial charge in [0.15, 0.2) is 0 Å². The van der Waals surface area contributed by atoms with Crippen LogP contribution in [0, 0.1) is 13.8 Å². The van der Waals surface area contributed by atoms with E-state index in [0.29, 0.717) is 0 Å². The van der Waals surface area contributed by atoms with Gasteiger partial charge in [-0.3, -0.25) is 0 Å². The summed E-state index contributed by atoms with van der Waals surface area (Å²) in [6, 6.07) is 10.5. The molecule has 0 saturated carbocycles. The third-order valence-corrected chi connectivity index (χ3v) is 3.55. The number of rotatable bonds is 2. The second-order valence-corrected chi connectivity index (χ2v) is 6.22. The molecular formula is C17H23NO. The molecule has 2 heteroatoms. The van der Waals surface area contributed by atoms with Crippen LogP contribution in [0.1, 0.15) is 55.0 Å². The van der Waals surface area contributed by atoms with E-state index in [2.05, 4.69) is 45.0 Å². The lowest BCUT2D eigenvalue weighted by molar-refractivity contribution is 0.499. The molecule has 1 aromatic carbocycles. The van der Waals surface area contributed by atoms with E-state index in [1.165, 1.54) is 5.56 Å². The Morgan fingerprint density at radius 1 is 1.05 bits per heavy atom. The highest BCUT2D eigenvalue weighted by Gasteiger charge is 2.17. The number of furan rings is 1. The van der Waals surface area contributed by atoms with Gasteiger partial charge < -0.3 is 10.2 Å². The summed E-state index contributed by atoms with van der Waals surface area (Å²) in [5.41, 5.74) is 10.0. The van der Waals surface area contributed by atoms with Crippen LogP contribution < -0.4 is 5.73 Å². The molecule has 1 atom stereocenters. The van der Waals surface area contributed by atoms with Crippen LogP contribution in [0.5, 0.6) is 0 Å². The Morgan fingerprint density at radius 2 is 1.63 bits per heavy atom. The Bertz CT molecular complexity index is 558. The molecule has 1 aromatic heterocycles. The second-order valence-electron chi connectivity index (χ2n) is 6.22. The van der Waals surface area contributed by atoms with Crippen LogP contribution >= 0.6 is 0 Å².